The topological polar surface area (TPSA) is 112 Å². The average Bonchev–Trinajstić information content (AvgIpc) is 2.93. The van der Waals surface area contributed by atoms with E-state index in [1.54, 1.807) is 0 Å². The van der Waals surface area contributed by atoms with Gasteiger partial charge in [0.05, 0.1) is 26.2 Å². The monoisotopic (exact) mass is 582 g/mol. The first-order valence-electron chi connectivity index (χ1n) is 17.0. The summed E-state index contributed by atoms with van der Waals surface area (Å²) in [6.07, 6.45) is 29.0. The van der Waals surface area contributed by atoms with E-state index in [0.717, 1.165) is 75.6 Å². The van der Waals surface area contributed by atoms with E-state index in [4.69, 9.17) is 15.3 Å². The van der Waals surface area contributed by atoms with Gasteiger partial charge in [-0.1, -0.05) is 83.3 Å². The van der Waals surface area contributed by atoms with Crippen molar-refractivity contribution in [3.05, 3.63) is 12.2 Å². The lowest BCUT2D eigenvalue weighted by atomic mass is 10.1. The number of allylic oxidation sites excluding steroid dienone is 2. The number of hydrogen-bond donors (Lipinski definition) is 3. The van der Waals surface area contributed by atoms with Gasteiger partial charge in [-0.15, -0.1) is 0 Å². The molecule has 0 aliphatic heterocycles. The van der Waals surface area contributed by atoms with Gasteiger partial charge in [0, 0.05) is 19.3 Å². The smallest absolute Gasteiger partial charge is 0.303 e. The Bertz CT molecular complexity index is 623. The third kappa shape index (κ3) is 28.0. The van der Waals surface area contributed by atoms with Gasteiger partial charge in [-0.2, -0.15) is 0 Å². The van der Waals surface area contributed by atoms with E-state index < -0.39 is 17.9 Å². The minimum atomic E-state index is -0.772. The van der Waals surface area contributed by atoms with Crippen molar-refractivity contribution in [2.45, 2.75) is 161 Å². The lowest BCUT2D eigenvalue weighted by molar-refractivity contribution is -0.929. The Hall–Kier alpha value is -1.89. The van der Waals surface area contributed by atoms with Crippen molar-refractivity contribution in [3.63, 3.8) is 0 Å². The summed E-state index contributed by atoms with van der Waals surface area (Å²) in [7, 11) is 0. The molecule has 0 spiro atoms. The number of carboxylic acids is 3. The normalized spacial score (nSPS) is 11.8. The van der Waals surface area contributed by atoms with Gasteiger partial charge in [-0.3, -0.25) is 14.4 Å². The molecule has 0 amide bonds. The molecule has 0 radical (unpaired) electrons. The zero-order valence-electron chi connectivity index (χ0n) is 26.5. The van der Waals surface area contributed by atoms with Gasteiger partial charge in [0.15, 0.2) is 0 Å². The fourth-order valence-electron chi connectivity index (χ4n) is 5.71. The molecule has 0 aliphatic carbocycles. The first-order valence-corrected chi connectivity index (χ1v) is 17.0. The van der Waals surface area contributed by atoms with E-state index in [2.05, 4.69) is 19.1 Å². The van der Waals surface area contributed by atoms with Gasteiger partial charge in [0.2, 0.25) is 0 Å². The maximum atomic E-state index is 11.0. The summed E-state index contributed by atoms with van der Waals surface area (Å²) >= 11 is 0. The molecule has 0 saturated heterocycles. The molecule has 0 bridgehead atoms. The van der Waals surface area contributed by atoms with Crippen LogP contribution in [-0.2, 0) is 14.4 Å². The SMILES string of the molecule is CCCCCCCCCCCCC/C=C/CCCC[N+](CCCCC(=O)O)(CCCCC(=O)O)CCCCC(=O)O. The molecule has 0 fully saturated rings. The van der Waals surface area contributed by atoms with Gasteiger partial charge in [-0.05, 0) is 70.6 Å². The van der Waals surface area contributed by atoms with E-state index in [1.807, 2.05) is 0 Å². The van der Waals surface area contributed by atoms with Gasteiger partial charge in [0.1, 0.15) is 0 Å². The standard InChI is InChI=1S/C34H63NO6/c1-2-3-4-5-6-7-8-9-10-11-12-13-14-15-16-17-21-28-35(29-22-18-25-32(36)37,30-23-19-26-33(38)39)31-24-20-27-34(40)41/h14-15H,2-13,16-31H2,1H3,(H2-,36,37,38,39,40,41)/p+1/b15-14+. The highest BCUT2D eigenvalue weighted by molar-refractivity contribution is 5.67. The molecule has 0 aromatic heterocycles. The van der Waals surface area contributed by atoms with Crippen LogP contribution in [0.5, 0.6) is 0 Å². The number of quaternary nitrogens is 1. The van der Waals surface area contributed by atoms with E-state index in [0.29, 0.717) is 19.3 Å². The number of nitrogens with zero attached hydrogens (tertiary/aromatic N) is 1. The summed E-state index contributed by atoms with van der Waals surface area (Å²) in [4.78, 5) is 33.0. The lowest BCUT2D eigenvalue weighted by Gasteiger charge is -2.39. The second kappa shape index (κ2) is 28.2. The summed E-state index contributed by atoms with van der Waals surface area (Å²) in [5.41, 5.74) is 0. The highest BCUT2D eigenvalue weighted by Gasteiger charge is 2.26. The Morgan fingerprint density at radius 1 is 0.439 bits per heavy atom. The first-order chi connectivity index (χ1) is 19.8. The summed E-state index contributed by atoms with van der Waals surface area (Å²) < 4.78 is 0.849. The van der Waals surface area contributed by atoms with E-state index in [-0.39, 0.29) is 19.3 Å². The van der Waals surface area contributed by atoms with E-state index >= 15 is 0 Å². The number of hydrogen-bond acceptors (Lipinski definition) is 3. The van der Waals surface area contributed by atoms with Crippen molar-refractivity contribution in [3.8, 4) is 0 Å². The first kappa shape index (κ1) is 39.1. The Morgan fingerprint density at radius 2 is 0.732 bits per heavy atom. The number of rotatable bonds is 32. The van der Waals surface area contributed by atoms with Crippen molar-refractivity contribution in [1.29, 1.82) is 0 Å². The molecule has 0 aliphatic rings. The number of unbranched alkanes of at least 4 members (excludes halogenated alkanes) is 16. The van der Waals surface area contributed by atoms with Crippen LogP contribution < -0.4 is 0 Å². The molecular weight excluding hydrogens is 518 g/mol. The Morgan fingerprint density at radius 3 is 1.07 bits per heavy atom. The fourth-order valence-corrected chi connectivity index (χ4v) is 5.71. The molecule has 0 heterocycles. The second-order valence-corrected chi connectivity index (χ2v) is 12.1. The quantitative estimate of drug-likeness (QED) is 0.0414. The molecule has 7 nitrogen and oxygen atoms in total. The van der Waals surface area contributed by atoms with Gasteiger partial charge in [-0.25, -0.2) is 0 Å². The average molecular weight is 583 g/mol. The predicted molar refractivity (Wildman–Crippen MR) is 168 cm³/mol. The summed E-state index contributed by atoms with van der Waals surface area (Å²) in [5.74, 6) is -2.32. The largest absolute Gasteiger partial charge is 0.481 e. The summed E-state index contributed by atoms with van der Waals surface area (Å²) in [5, 5.41) is 27.1. The fraction of sp³-hybridized carbons (Fsp3) is 0.853. The third-order valence-corrected chi connectivity index (χ3v) is 8.21. The molecule has 7 heteroatoms. The van der Waals surface area contributed by atoms with Crippen LogP contribution in [0.4, 0.5) is 0 Å². The van der Waals surface area contributed by atoms with Crippen LogP contribution in [0.15, 0.2) is 12.2 Å². The van der Waals surface area contributed by atoms with Crippen molar-refractivity contribution in [2.24, 2.45) is 0 Å². The van der Waals surface area contributed by atoms with Crippen LogP contribution in [0.25, 0.3) is 0 Å². The maximum absolute atomic E-state index is 11.0. The molecule has 0 rings (SSSR count). The molecule has 0 aromatic carbocycles. The Labute approximate surface area is 251 Å². The van der Waals surface area contributed by atoms with Crippen molar-refractivity contribution < 1.29 is 34.2 Å². The Kier molecular flexibility index (Phi) is 26.9. The highest BCUT2D eigenvalue weighted by Crippen LogP contribution is 2.19. The minimum absolute atomic E-state index is 0.169. The zero-order chi connectivity index (χ0) is 30.4. The second-order valence-electron chi connectivity index (χ2n) is 12.1. The number of carbonyl (C=O) groups is 3. The van der Waals surface area contributed by atoms with Gasteiger partial charge < -0.3 is 19.8 Å². The van der Waals surface area contributed by atoms with Crippen LogP contribution in [0, 0.1) is 0 Å². The lowest BCUT2D eigenvalue weighted by Crippen LogP contribution is -2.51. The van der Waals surface area contributed by atoms with Crippen LogP contribution in [0.2, 0.25) is 0 Å². The van der Waals surface area contributed by atoms with Crippen LogP contribution >= 0.6 is 0 Å². The zero-order valence-corrected chi connectivity index (χ0v) is 26.5. The molecule has 41 heavy (non-hydrogen) atoms. The summed E-state index contributed by atoms with van der Waals surface area (Å²) in [6.45, 7) is 5.88. The molecular formula is C34H64NO6+. The molecule has 0 atom stereocenters. The van der Waals surface area contributed by atoms with E-state index in [9.17, 15) is 14.4 Å². The third-order valence-electron chi connectivity index (χ3n) is 8.21. The molecule has 3 N–H and O–H groups in total. The summed E-state index contributed by atoms with van der Waals surface area (Å²) in [6, 6.07) is 0. The van der Waals surface area contributed by atoms with Crippen molar-refractivity contribution in [2.75, 3.05) is 26.2 Å². The predicted octanol–water partition coefficient (Wildman–Crippen LogP) is 9.00. The maximum Gasteiger partial charge on any atom is 0.303 e. The van der Waals surface area contributed by atoms with Gasteiger partial charge >= 0.3 is 17.9 Å². The minimum Gasteiger partial charge on any atom is -0.481 e. The molecule has 0 saturated carbocycles. The van der Waals surface area contributed by atoms with Crippen molar-refractivity contribution in [1.82, 2.24) is 0 Å². The van der Waals surface area contributed by atoms with Gasteiger partial charge in [0.25, 0.3) is 0 Å². The number of carboxylic acid groups (broad SMARTS) is 3. The van der Waals surface area contributed by atoms with Crippen LogP contribution in [-0.4, -0.2) is 63.9 Å². The van der Waals surface area contributed by atoms with E-state index in [1.165, 1.54) is 70.6 Å². The molecule has 0 unspecified atom stereocenters. The Balaban J connectivity index is 4.44. The van der Waals surface area contributed by atoms with Crippen molar-refractivity contribution >= 4 is 17.9 Å². The van der Waals surface area contributed by atoms with Crippen LogP contribution in [0.3, 0.4) is 0 Å². The van der Waals surface area contributed by atoms with Crippen LogP contribution in [0.1, 0.15) is 161 Å². The number of aliphatic carboxylic acids is 3. The highest BCUT2D eigenvalue weighted by atomic mass is 16.4. The molecule has 0 aromatic rings. The molecule has 240 valence electrons.